The van der Waals surface area contributed by atoms with Crippen molar-refractivity contribution in [2.45, 2.75) is 90.6 Å². The fourth-order valence-corrected chi connectivity index (χ4v) is 5.24. The molecule has 3 rings (SSSR count). The second kappa shape index (κ2) is 12.9. The highest BCUT2D eigenvalue weighted by Gasteiger charge is 2.34. The summed E-state index contributed by atoms with van der Waals surface area (Å²) < 4.78 is 1.37. The topological polar surface area (TPSA) is 134 Å². The Labute approximate surface area is 207 Å². The molecule has 2 aliphatic rings. The zero-order valence-electron chi connectivity index (χ0n) is 21.3. The third-order valence-corrected chi connectivity index (χ3v) is 7.21. The van der Waals surface area contributed by atoms with Gasteiger partial charge >= 0.3 is 5.69 Å². The summed E-state index contributed by atoms with van der Waals surface area (Å²) in [6.45, 7) is 6.52. The van der Waals surface area contributed by atoms with Crippen LogP contribution in [0, 0.1) is 5.92 Å². The summed E-state index contributed by atoms with van der Waals surface area (Å²) in [5.74, 6) is -0.245. The lowest BCUT2D eigenvalue weighted by Gasteiger charge is -2.35. The van der Waals surface area contributed by atoms with E-state index in [1.807, 2.05) is 11.8 Å². The lowest BCUT2D eigenvalue weighted by molar-refractivity contribution is -0.128. The van der Waals surface area contributed by atoms with E-state index in [0.717, 1.165) is 70.8 Å². The molecule has 1 aromatic rings. The van der Waals surface area contributed by atoms with Crippen molar-refractivity contribution < 1.29 is 9.59 Å². The summed E-state index contributed by atoms with van der Waals surface area (Å²) >= 11 is 0. The Morgan fingerprint density at radius 2 is 1.80 bits per heavy atom. The Hall–Kier alpha value is -2.62. The van der Waals surface area contributed by atoms with Crippen LogP contribution in [0.5, 0.6) is 0 Å². The van der Waals surface area contributed by atoms with Gasteiger partial charge in [-0.3, -0.25) is 28.8 Å². The van der Waals surface area contributed by atoms with Gasteiger partial charge in [0.1, 0.15) is 5.82 Å². The number of nitrogens with one attached hydrogen (secondary N) is 2. The van der Waals surface area contributed by atoms with E-state index in [0.29, 0.717) is 19.6 Å². The number of amides is 2. The molecule has 196 valence electrons. The first kappa shape index (κ1) is 27.0. The minimum Gasteiger partial charge on any atom is -0.383 e. The Balaban J connectivity index is 1.81. The van der Waals surface area contributed by atoms with Crippen molar-refractivity contribution >= 4 is 23.3 Å². The summed E-state index contributed by atoms with van der Waals surface area (Å²) in [5.41, 5.74) is 5.29. The third kappa shape index (κ3) is 6.74. The number of nitrogen functional groups attached to an aromatic ring is 1. The van der Waals surface area contributed by atoms with Crippen LogP contribution in [-0.2, 0) is 16.1 Å². The summed E-state index contributed by atoms with van der Waals surface area (Å²) in [7, 11) is 0. The summed E-state index contributed by atoms with van der Waals surface area (Å²) in [5, 5.41) is 3.01. The second-order valence-corrected chi connectivity index (χ2v) is 9.92. The van der Waals surface area contributed by atoms with Gasteiger partial charge in [-0.05, 0) is 45.1 Å². The molecule has 1 aliphatic heterocycles. The molecule has 35 heavy (non-hydrogen) atoms. The normalized spacial score (nSPS) is 19.1. The molecular weight excluding hydrogens is 448 g/mol. The molecule has 0 bridgehead atoms. The van der Waals surface area contributed by atoms with Crippen LogP contribution in [0.15, 0.2) is 9.59 Å². The van der Waals surface area contributed by atoms with Crippen molar-refractivity contribution in [2.75, 3.05) is 36.8 Å². The minimum atomic E-state index is -0.618. The first-order chi connectivity index (χ1) is 16.9. The smallest absolute Gasteiger partial charge is 0.330 e. The molecule has 2 amide bonds. The number of H-pyrrole nitrogens is 1. The molecule has 1 saturated carbocycles. The van der Waals surface area contributed by atoms with Crippen LogP contribution < -0.4 is 27.2 Å². The number of likely N-dealkylation sites (tertiary alicyclic amines) is 1. The van der Waals surface area contributed by atoms with E-state index in [2.05, 4.69) is 17.2 Å². The number of nitrogens with two attached hydrogens (primary N) is 1. The monoisotopic (exact) mass is 490 g/mol. The fourth-order valence-electron chi connectivity index (χ4n) is 5.24. The van der Waals surface area contributed by atoms with Gasteiger partial charge in [0.05, 0.1) is 12.5 Å². The van der Waals surface area contributed by atoms with Crippen molar-refractivity contribution in [3.63, 3.8) is 0 Å². The second-order valence-electron chi connectivity index (χ2n) is 9.92. The number of aromatic nitrogens is 2. The maximum absolute atomic E-state index is 13.7. The van der Waals surface area contributed by atoms with Crippen LogP contribution in [0.25, 0.3) is 0 Å². The first-order valence-electron chi connectivity index (χ1n) is 13.3. The van der Waals surface area contributed by atoms with E-state index in [4.69, 9.17) is 5.73 Å². The molecule has 2 heterocycles. The standard InChI is InChI=1S/C25H42N6O4/c1-3-5-13-27-23(33)18-10-9-14-29(16-18)17-20(32)31(19-11-7-8-12-19)21-22(26)30(15-6-4-2)25(35)28-24(21)34/h18-19H,3-17,26H2,1-2H3,(H,27,33)(H,28,34,35). The molecule has 1 aromatic heterocycles. The van der Waals surface area contributed by atoms with E-state index in [1.54, 1.807) is 4.90 Å². The van der Waals surface area contributed by atoms with Gasteiger partial charge in [-0.2, -0.15) is 0 Å². The summed E-state index contributed by atoms with van der Waals surface area (Å²) in [4.78, 5) is 57.6. The molecule has 1 unspecified atom stereocenters. The van der Waals surface area contributed by atoms with Gasteiger partial charge < -0.3 is 16.0 Å². The van der Waals surface area contributed by atoms with Gasteiger partial charge in [-0.25, -0.2) is 4.79 Å². The van der Waals surface area contributed by atoms with Crippen LogP contribution in [-0.4, -0.2) is 58.5 Å². The van der Waals surface area contributed by atoms with Crippen LogP contribution >= 0.6 is 0 Å². The molecular formula is C25H42N6O4. The Kier molecular flexibility index (Phi) is 9.94. The van der Waals surface area contributed by atoms with Crippen LogP contribution in [0.2, 0.25) is 0 Å². The largest absolute Gasteiger partial charge is 0.383 e. The maximum atomic E-state index is 13.7. The number of anilines is 2. The zero-order chi connectivity index (χ0) is 25.4. The van der Waals surface area contributed by atoms with E-state index in [1.165, 1.54) is 4.57 Å². The van der Waals surface area contributed by atoms with Crippen LogP contribution in [0.4, 0.5) is 11.5 Å². The molecule has 1 aliphatic carbocycles. The number of hydrogen-bond acceptors (Lipinski definition) is 6. The van der Waals surface area contributed by atoms with Gasteiger partial charge in [-0.1, -0.05) is 39.5 Å². The lowest BCUT2D eigenvalue weighted by atomic mass is 9.97. The van der Waals surface area contributed by atoms with Crippen molar-refractivity contribution in [1.82, 2.24) is 19.8 Å². The van der Waals surface area contributed by atoms with E-state index in [-0.39, 0.29) is 41.8 Å². The Bertz CT molecular complexity index is 981. The number of unbranched alkanes of at least 4 members (excludes halogenated alkanes) is 2. The van der Waals surface area contributed by atoms with Gasteiger partial charge in [0.25, 0.3) is 5.56 Å². The lowest BCUT2D eigenvalue weighted by Crippen LogP contribution is -2.51. The van der Waals surface area contributed by atoms with Gasteiger partial charge in [0, 0.05) is 25.7 Å². The molecule has 4 N–H and O–H groups in total. The zero-order valence-corrected chi connectivity index (χ0v) is 21.3. The number of hydrogen-bond donors (Lipinski definition) is 3. The van der Waals surface area contributed by atoms with Crippen molar-refractivity contribution in [3.05, 3.63) is 20.8 Å². The average Bonchev–Trinajstić information content (AvgIpc) is 3.36. The predicted molar refractivity (Wildman–Crippen MR) is 137 cm³/mol. The number of rotatable bonds is 11. The van der Waals surface area contributed by atoms with Crippen molar-refractivity contribution in [3.8, 4) is 0 Å². The van der Waals surface area contributed by atoms with Gasteiger partial charge in [-0.15, -0.1) is 0 Å². The third-order valence-electron chi connectivity index (χ3n) is 7.21. The van der Waals surface area contributed by atoms with Crippen LogP contribution in [0.1, 0.15) is 78.1 Å². The summed E-state index contributed by atoms with van der Waals surface area (Å²) in [6.07, 6.45) is 8.77. The number of carbonyl (C=O) groups is 2. The van der Waals surface area contributed by atoms with Crippen LogP contribution in [0.3, 0.4) is 0 Å². The maximum Gasteiger partial charge on any atom is 0.330 e. The van der Waals surface area contributed by atoms with E-state index < -0.39 is 11.2 Å². The Morgan fingerprint density at radius 3 is 2.49 bits per heavy atom. The predicted octanol–water partition coefficient (Wildman–Crippen LogP) is 1.82. The van der Waals surface area contributed by atoms with Gasteiger partial charge in [0.2, 0.25) is 11.8 Å². The number of carbonyl (C=O) groups excluding carboxylic acids is 2. The molecule has 10 nitrogen and oxygen atoms in total. The molecule has 0 aromatic carbocycles. The highest BCUT2D eigenvalue weighted by molar-refractivity contribution is 5.97. The van der Waals surface area contributed by atoms with Crippen molar-refractivity contribution in [2.24, 2.45) is 5.92 Å². The number of nitrogens with zero attached hydrogens (tertiary/aromatic N) is 3. The Morgan fingerprint density at radius 1 is 1.09 bits per heavy atom. The molecule has 1 atom stereocenters. The molecule has 0 spiro atoms. The fraction of sp³-hybridized carbons (Fsp3) is 0.760. The quantitative estimate of drug-likeness (QED) is 0.405. The summed E-state index contributed by atoms with van der Waals surface area (Å²) in [6, 6.07) is -0.124. The van der Waals surface area contributed by atoms with E-state index >= 15 is 0 Å². The van der Waals surface area contributed by atoms with E-state index in [9.17, 15) is 19.2 Å². The number of piperidine rings is 1. The number of aromatic amines is 1. The molecule has 0 radical (unpaired) electrons. The molecule has 1 saturated heterocycles. The SMILES string of the molecule is CCCCNC(=O)C1CCCN(CC(=O)N(c2c(N)n(CCCC)c(=O)[nH]c2=O)C2CCCC2)C1. The molecule has 10 heteroatoms. The molecule has 2 fully saturated rings. The highest BCUT2D eigenvalue weighted by Crippen LogP contribution is 2.30. The average molecular weight is 491 g/mol. The minimum absolute atomic E-state index is 0.0481. The van der Waals surface area contributed by atoms with Gasteiger partial charge in [0.15, 0.2) is 5.69 Å². The first-order valence-corrected chi connectivity index (χ1v) is 13.3. The highest BCUT2D eigenvalue weighted by atomic mass is 16.2. The van der Waals surface area contributed by atoms with Crippen molar-refractivity contribution in [1.29, 1.82) is 0 Å².